The van der Waals surface area contributed by atoms with E-state index in [4.69, 9.17) is 29.6 Å². The number of nitrogens with one attached hydrogen (secondary N) is 1. The molecule has 1 aromatic rings. The van der Waals surface area contributed by atoms with Gasteiger partial charge in [0.2, 0.25) is 0 Å². The van der Waals surface area contributed by atoms with Crippen LogP contribution in [0, 0.1) is 12.3 Å². The molecule has 0 saturated heterocycles. The molecule has 0 aliphatic carbocycles. The molecule has 0 radical (unpaired) electrons. The van der Waals surface area contributed by atoms with Crippen molar-refractivity contribution in [3.63, 3.8) is 0 Å². The molecule has 0 fully saturated rings. The van der Waals surface area contributed by atoms with E-state index in [9.17, 15) is 4.79 Å². The first kappa shape index (κ1) is 13.9. The molecule has 0 aliphatic rings. The van der Waals surface area contributed by atoms with Gasteiger partial charge < -0.3 is 5.32 Å². The van der Waals surface area contributed by atoms with Crippen LogP contribution in [-0.2, 0) is 0 Å². The number of carbonyl (C=O) groups excluding carboxylic acids is 1. The van der Waals surface area contributed by atoms with E-state index in [-0.39, 0.29) is 5.91 Å². The van der Waals surface area contributed by atoms with E-state index in [0.29, 0.717) is 22.2 Å². The average molecular weight is 270 g/mol. The first-order chi connectivity index (χ1) is 8.15. The van der Waals surface area contributed by atoms with E-state index in [1.54, 1.807) is 18.2 Å². The van der Waals surface area contributed by atoms with Crippen LogP contribution in [0.25, 0.3) is 0 Å². The minimum absolute atomic E-state index is 0.188. The maximum atomic E-state index is 11.7. The Morgan fingerprint density at radius 2 is 2.12 bits per heavy atom. The summed E-state index contributed by atoms with van der Waals surface area (Å²) in [4.78, 5) is 11.7. The molecule has 0 saturated carbocycles. The first-order valence-corrected chi connectivity index (χ1v) is 6.07. The number of halogens is 2. The highest BCUT2D eigenvalue weighted by Crippen LogP contribution is 2.20. The molecule has 0 spiro atoms. The van der Waals surface area contributed by atoms with E-state index in [1.165, 1.54) is 0 Å². The number of terminal acetylenes is 1. The molecule has 0 aromatic heterocycles. The van der Waals surface area contributed by atoms with E-state index in [0.717, 1.165) is 19.3 Å². The van der Waals surface area contributed by atoms with Gasteiger partial charge in [-0.25, -0.2) is 0 Å². The Kier molecular flexibility index (Phi) is 5.90. The lowest BCUT2D eigenvalue weighted by molar-refractivity contribution is 0.0953. The Balaban J connectivity index is 2.45. The Hall–Kier alpha value is -1.17. The third-order valence-electron chi connectivity index (χ3n) is 2.21. The second kappa shape index (κ2) is 7.21. The predicted octanol–water partition coefficient (Wildman–Crippen LogP) is 3.53. The van der Waals surface area contributed by atoms with Gasteiger partial charge in [0.15, 0.2) is 0 Å². The van der Waals surface area contributed by atoms with Crippen LogP contribution in [0.5, 0.6) is 0 Å². The monoisotopic (exact) mass is 269 g/mol. The molecule has 1 N–H and O–H groups in total. The lowest BCUT2D eigenvalue weighted by Gasteiger charge is -2.06. The number of unbranched alkanes of at least 4 members (excludes halogenated alkanes) is 2. The summed E-state index contributed by atoms with van der Waals surface area (Å²) < 4.78 is 0. The predicted molar refractivity (Wildman–Crippen MR) is 71.5 cm³/mol. The largest absolute Gasteiger partial charge is 0.352 e. The smallest absolute Gasteiger partial charge is 0.252 e. The average Bonchev–Trinajstić information content (AvgIpc) is 2.28. The molecule has 0 unspecified atom stereocenters. The Morgan fingerprint density at radius 3 is 2.76 bits per heavy atom. The normalized spacial score (nSPS) is 9.71. The van der Waals surface area contributed by atoms with Crippen LogP contribution in [0.4, 0.5) is 0 Å². The van der Waals surface area contributed by atoms with Gasteiger partial charge in [0, 0.05) is 18.0 Å². The SMILES string of the molecule is C#CCCCCNC(=O)c1ccc(Cl)cc1Cl. The van der Waals surface area contributed by atoms with Crippen LogP contribution in [0.2, 0.25) is 10.0 Å². The van der Waals surface area contributed by atoms with Crippen molar-refractivity contribution in [2.24, 2.45) is 0 Å². The Morgan fingerprint density at radius 1 is 1.35 bits per heavy atom. The van der Waals surface area contributed by atoms with Crippen molar-refractivity contribution < 1.29 is 4.79 Å². The van der Waals surface area contributed by atoms with Gasteiger partial charge in [0.25, 0.3) is 5.91 Å². The summed E-state index contributed by atoms with van der Waals surface area (Å²) >= 11 is 11.7. The van der Waals surface area contributed by atoms with Crippen LogP contribution < -0.4 is 5.32 Å². The topological polar surface area (TPSA) is 29.1 Å². The fraction of sp³-hybridized carbons (Fsp3) is 0.308. The van der Waals surface area contributed by atoms with Crippen molar-refractivity contribution in [2.45, 2.75) is 19.3 Å². The summed E-state index contributed by atoms with van der Waals surface area (Å²) in [6.45, 7) is 0.597. The van der Waals surface area contributed by atoms with Crippen molar-refractivity contribution >= 4 is 29.1 Å². The zero-order valence-corrected chi connectivity index (χ0v) is 10.8. The molecule has 17 heavy (non-hydrogen) atoms. The number of rotatable bonds is 5. The molecule has 1 rings (SSSR count). The van der Waals surface area contributed by atoms with Gasteiger partial charge in [0.05, 0.1) is 10.6 Å². The van der Waals surface area contributed by atoms with Gasteiger partial charge in [-0.2, -0.15) is 0 Å². The molecule has 2 nitrogen and oxygen atoms in total. The second-order valence-corrected chi connectivity index (χ2v) is 4.38. The lowest BCUT2D eigenvalue weighted by Crippen LogP contribution is -2.24. The minimum Gasteiger partial charge on any atom is -0.352 e. The third-order valence-corrected chi connectivity index (χ3v) is 2.76. The van der Waals surface area contributed by atoms with Crippen LogP contribution in [-0.4, -0.2) is 12.5 Å². The van der Waals surface area contributed by atoms with Crippen LogP contribution in [0.1, 0.15) is 29.6 Å². The number of carbonyl (C=O) groups is 1. The Bertz CT molecular complexity index is 438. The van der Waals surface area contributed by atoms with E-state index >= 15 is 0 Å². The molecular weight excluding hydrogens is 257 g/mol. The zero-order chi connectivity index (χ0) is 12.7. The maximum absolute atomic E-state index is 11.7. The van der Waals surface area contributed by atoms with Gasteiger partial charge in [-0.3, -0.25) is 4.79 Å². The maximum Gasteiger partial charge on any atom is 0.252 e. The molecule has 1 aromatic carbocycles. The van der Waals surface area contributed by atoms with Crippen molar-refractivity contribution in [1.82, 2.24) is 5.32 Å². The van der Waals surface area contributed by atoms with Crippen LogP contribution >= 0.6 is 23.2 Å². The molecule has 4 heteroatoms. The van der Waals surface area contributed by atoms with Crippen LogP contribution in [0.15, 0.2) is 18.2 Å². The lowest BCUT2D eigenvalue weighted by atomic mass is 10.2. The molecular formula is C13H13Cl2NO. The summed E-state index contributed by atoms with van der Waals surface area (Å²) in [6, 6.07) is 4.80. The number of amides is 1. The number of benzene rings is 1. The quantitative estimate of drug-likeness (QED) is 0.643. The van der Waals surface area contributed by atoms with Gasteiger partial charge in [-0.15, -0.1) is 12.3 Å². The second-order valence-electron chi connectivity index (χ2n) is 3.54. The van der Waals surface area contributed by atoms with Crippen molar-refractivity contribution in [1.29, 1.82) is 0 Å². The first-order valence-electron chi connectivity index (χ1n) is 5.32. The summed E-state index contributed by atoms with van der Waals surface area (Å²) in [5.41, 5.74) is 0.438. The molecule has 0 heterocycles. The highest BCUT2D eigenvalue weighted by Gasteiger charge is 2.09. The summed E-state index contributed by atoms with van der Waals surface area (Å²) in [7, 11) is 0. The fourth-order valence-electron chi connectivity index (χ4n) is 1.32. The van der Waals surface area contributed by atoms with Gasteiger partial charge >= 0.3 is 0 Å². The number of hydrogen-bond acceptors (Lipinski definition) is 1. The van der Waals surface area contributed by atoms with Crippen molar-refractivity contribution in [2.75, 3.05) is 6.54 Å². The van der Waals surface area contributed by atoms with Crippen LogP contribution in [0.3, 0.4) is 0 Å². The van der Waals surface area contributed by atoms with Crippen molar-refractivity contribution in [3.05, 3.63) is 33.8 Å². The number of hydrogen-bond donors (Lipinski definition) is 1. The Labute approximate surface area is 111 Å². The summed E-state index contributed by atoms with van der Waals surface area (Å²) in [6.07, 6.45) is 7.63. The third kappa shape index (κ3) is 4.68. The zero-order valence-electron chi connectivity index (χ0n) is 9.30. The van der Waals surface area contributed by atoms with Gasteiger partial charge in [0.1, 0.15) is 0 Å². The fourth-order valence-corrected chi connectivity index (χ4v) is 1.82. The van der Waals surface area contributed by atoms with Gasteiger partial charge in [-0.05, 0) is 31.0 Å². The highest BCUT2D eigenvalue weighted by atomic mass is 35.5. The molecule has 0 atom stereocenters. The summed E-state index contributed by atoms with van der Waals surface area (Å²) in [5, 5.41) is 3.66. The van der Waals surface area contributed by atoms with Crippen molar-refractivity contribution in [3.8, 4) is 12.3 Å². The molecule has 0 bridgehead atoms. The summed E-state index contributed by atoms with van der Waals surface area (Å²) in [5.74, 6) is 2.37. The molecule has 1 amide bonds. The molecule has 0 aliphatic heterocycles. The standard InChI is InChI=1S/C13H13Cl2NO/c1-2-3-4-5-8-16-13(17)11-7-6-10(14)9-12(11)15/h1,6-7,9H,3-5,8H2,(H,16,17). The highest BCUT2D eigenvalue weighted by molar-refractivity contribution is 6.36. The minimum atomic E-state index is -0.188. The van der Waals surface area contributed by atoms with Gasteiger partial charge in [-0.1, -0.05) is 23.2 Å². The van der Waals surface area contributed by atoms with E-state index in [1.807, 2.05) is 0 Å². The van der Waals surface area contributed by atoms with E-state index < -0.39 is 0 Å². The van der Waals surface area contributed by atoms with E-state index in [2.05, 4.69) is 11.2 Å². The molecule has 90 valence electrons.